The molecule has 7 heteroatoms. The van der Waals surface area contributed by atoms with Gasteiger partial charge in [-0.2, -0.15) is 0 Å². The highest BCUT2D eigenvalue weighted by molar-refractivity contribution is 9.13. The molecule has 0 bridgehead atoms. The van der Waals surface area contributed by atoms with Crippen molar-refractivity contribution in [1.29, 1.82) is 0 Å². The van der Waals surface area contributed by atoms with E-state index in [2.05, 4.69) is 37.2 Å². The number of nitrogens with one attached hydrogen (secondary N) is 1. The Morgan fingerprint density at radius 2 is 2.00 bits per heavy atom. The molecule has 0 saturated heterocycles. The maximum Gasteiger partial charge on any atom is 0.264 e. The minimum atomic E-state index is -0.178. The van der Waals surface area contributed by atoms with E-state index in [4.69, 9.17) is 0 Å². The molecule has 1 aliphatic heterocycles. The second-order valence-electron chi connectivity index (χ2n) is 4.60. The number of hydrogen-bond donors (Lipinski definition) is 1. The Morgan fingerprint density at radius 1 is 1.24 bits per heavy atom. The third kappa shape index (κ3) is 3.04. The summed E-state index contributed by atoms with van der Waals surface area (Å²) < 4.78 is 1.71. The molecule has 0 fully saturated rings. The van der Waals surface area contributed by atoms with Crippen LogP contribution in [-0.2, 0) is 11.3 Å². The Hall–Kier alpha value is -1.18. The third-order valence-electron chi connectivity index (χ3n) is 3.13. The fraction of sp³-hybridized carbons (Fsp3) is 0.143. The molecule has 0 unspecified atom stereocenters. The second-order valence-corrected chi connectivity index (χ2v) is 7.82. The fourth-order valence-electron chi connectivity index (χ4n) is 2.16. The molecule has 1 aliphatic rings. The van der Waals surface area contributed by atoms with Gasteiger partial charge in [0.05, 0.1) is 8.66 Å². The lowest BCUT2D eigenvalue weighted by Gasteiger charge is -2.18. The van der Waals surface area contributed by atoms with Crippen LogP contribution < -0.4 is 5.32 Å². The van der Waals surface area contributed by atoms with Crippen molar-refractivity contribution in [2.45, 2.75) is 6.54 Å². The van der Waals surface area contributed by atoms with Gasteiger partial charge in [0.15, 0.2) is 0 Å². The molecule has 0 spiro atoms. The van der Waals surface area contributed by atoms with Crippen LogP contribution in [0.2, 0.25) is 0 Å². The van der Waals surface area contributed by atoms with E-state index in [1.54, 1.807) is 11.0 Å². The smallest absolute Gasteiger partial charge is 0.264 e. The van der Waals surface area contributed by atoms with Crippen LogP contribution in [0, 0.1) is 0 Å². The molecule has 2 aromatic rings. The number of amides is 2. The van der Waals surface area contributed by atoms with Gasteiger partial charge in [-0.3, -0.25) is 9.59 Å². The van der Waals surface area contributed by atoms with Crippen LogP contribution in [0.4, 0.5) is 5.69 Å². The van der Waals surface area contributed by atoms with Crippen LogP contribution in [0.15, 0.2) is 38.6 Å². The highest BCUT2D eigenvalue weighted by Crippen LogP contribution is 2.33. The molecule has 1 N–H and O–H groups in total. The number of hydrogen-bond acceptors (Lipinski definition) is 3. The minimum absolute atomic E-state index is 0.0562. The van der Waals surface area contributed by atoms with Crippen molar-refractivity contribution in [1.82, 2.24) is 4.90 Å². The highest BCUT2D eigenvalue weighted by Gasteiger charge is 2.25. The molecule has 108 valence electrons. The van der Waals surface area contributed by atoms with Crippen molar-refractivity contribution < 1.29 is 9.59 Å². The minimum Gasteiger partial charge on any atom is -0.324 e. The van der Waals surface area contributed by atoms with E-state index in [1.807, 2.05) is 24.3 Å². The number of thiophene rings is 1. The van der Waals surface area contributed by atoms with E-state index >= 15 is 0 Å². The number of halogens is 2. The zero-order valence-electron chi connectivity index (χ0n) is 10.7. The van der Waals surface area contributed by atoms with Gasteiger partial charge in [0, 0.05) is 16.7 Å². The molecular weight excluding hydrogens is 420 g/mol. The maximum atomic E-state index is 12.6. The first-order chi connectivity index (χ1) is 10.0. The normalized spacial score (nSPS) is 14.4. The number of nitrogens with zero attached hydrogens (tertiary/aromatic N) is 1. The van der Waals surface area contributed by atoms with Crippen molar-refractivity contribution in [3.63, 3.8) is 0 Å². The Morgan fingerprint density at radius 3 is 2.71 bits per heavy atom. The molecule has 4 nitrogen and oxygen atoms in total. The molecule has 21 heavy (non-hydrogen) atoms. The monoisotopic (exact) mass is 428 g/mol. The van der Waals surface area contributed by atoms with E-state index in [0.29, 0.717) is 11.4 Å². The largest absolute Gasteiger partial charge is 0.324 e. The molecule has 2 heterocycles. The van der Waals surface area contributed by atoms with Crippen LogP contribution in [0.1, 0.15) is 15.2 Å². The number of carbonyl (C=O) groups excluding carboxylic acids is 2. The zero-order valence-corrected chi connectivity index (χ0v) is 14.7. The van der Waals surface area contributed by atoms with E-state index in [1.165, 1.54) is 11.3 Å². The molecule has 0 aliphatic carbocycles. The Labute approximate surface area is 142 Å². The quantitative estimate of drug-likeness (QED) is 0.747. The van der Waals surface area contributed by atoms with Gasteiger partial charge in [-0.1, -0.05) is 18.2 Å². The first kappa shape index (κ1) is 14.7. The van der Waals surface area contributed by atoms with Crippen molar-refractivity contribution in [3.05, 3.63) is 49.0 Å². The summed E-state index contributed by atoms with van der Waals surface area (Å²) in [6, 6.07) is 9.30. The van der Waals surface area contributed by atoms with Crippen LogP contribution >= 0.6 is 43.2 Å². The standard InChI is InChI=1S/C14H10Br2N2O2S/c15-9-5-11(21-13(9)16)14(20)18-6-8-3-1-2-4-10(8)17-12(19)7-18/h1-5H,6-7H2,(H,17,19). The van der Waals surface area contributed by atoms with E-state index in [9.17, 15) is 9.59 Å². The van der Waals surface area contributed by atoms with Gasteiger partial charge in [0.25, 0.3) is 5.91 Å². The molecule has 3 rings (SSSR count). The van der Waals surface area contributed by atoms with Crippen molar-refractivity contribution in [2.75, 3.05) is 11.9 Å². The Bertz CT molecular complexity index is 710. The lowest BCUT2D eigenvalue weighted by Crippen LogP contribution is -2.34. The van der Waals surface area contributed by atoms with Gasteiger partial charge < -0.3 is 10.2 Å². The van der Waals surface area contributed by atoms with Gasteiger partial charge >= 0.3 is 0 Å². The molecule has 0 radical (unpaired) electrons. The first-order valence-electron chi connectivity index (χ1n) is 6.16. The predicted octanol–water partition coefficient (Wildman–Crippen LogP) is 3.87. The van der Waals surface area contributed by atoms with Gasteiger partial charge in [0.1, 0.15) is 6.54 Å². The molecule has 1 aromatic carbocycles. The van der Waals surface area contributed by atoms with Crippen LogP contribution in [-0.4, -0.2) is 23.3 Å². The molecular formula is C14H10Br2N2O2S. The van der Waals surface area contributed by atoms with Gasteiger partial charge in [-0.15, -0.1) is 11.3 Å². The molecule has 0 saturated carbocycles. The summed E-state index contributed by atoms with van der Waals surface area (Å²) in [5.74, 6) is -0.318. The summed E-state index contributed by atoms with van der Waals surface area (Å²) in [6.07, 6.45) is 0. The predicted molar refractivity (Wildman–Crippen MR) is 89.5 cm³/mol. The topological polar surface area (TPSA) is 49.4 Å². The van der Waals surface area contributed by atoms with Gasteiger partial charge in [0.2, 0.25) is 5.91 Å². The van der Waals surface area contributed by atoms with Gasteiger partial charge in [-0.25, -0.2) is 0 Å². The lowest BCUT2D eigenvalue weighted by atomic mass is 10.1. The first-order valence-corrected chi connectivity index (χ1v) is 8.56. The van der Waals surface area contributed by atoms with Crippen molar-refractivity contribution in [2.24, 2.45) is 0 Å². The number of benzene rings is 1. The van der Waals surface area contributed by atoms with E-state index in [-0.39, 0.29) is 18.4 Å². The van der Waals surface area contributed by atoms with E-state index < -0.39 is 0 Å². The average molecular weight is 430 g/mol. The average Bonchev–Trinajstić information content (AvgIpc) is 2.69. The second kappa shape index (κ2) is 5.90. The number of anilines is 1. The SMILES string of the molecule is O=C1CN(C(=O)c2cc(Br)c(Br)s2)Cc2ccccc2N1. The number of carbonyl (C=O) groups is 2. The van der Waals surface area contributed by atoms with E-state index in [0.717, 1.165) is 19.5 Å². The zero-order chi connectivity index (χ0) is 15.0. The Kier molecular flexibility index (Phi) is 4.14. The number of para-hydroxylation sites is 1. The third-order valence-corrected chi connectivity index (χ3v) is 6.37. The summed E-state index contributed by atoms with van der Waals surface area (Å²) >= 11 is 8.11. The van der Waals surface area contributed by atoms with Crippen LogP contribution in [0.3, 0.4) is 0 Å². The molecule has 1 aromatic heterocycles. The summed E-state index contributed by atoms with van der Waals surface area (Å²) in [7, 11) is 0. The van der Waals surface area contributed by atoms with Crippen LogP contribution in [0.25, 0.3) is 0 Å². The molecule has 2 amide bonds. The summed E-state index contributed by atoms with van der Waals surface area (Å²) in [5.41, 5.74) is 1.71. The highest BCUT2D eigenvalue weighted by atomic mass is 79.9. The van der Waals surface area contributed by atoms with Crippen LogP contribution in [0.5, 0.6) is 0 Å². The number of fused-ring (bicyclic) bond motifs is 1. The number of rotatable bonds is 1. The Balaban J connectivity index is 1.91. The van der Waals surface area contributed by atoms with Crippen molar-refractivity contribution >= 4 is 60.7 Å². The van der Waals surface area contributed by atoms with Gasteiger partial charge in [-0.05, 0) is 49.6 Å². The summed E-state index contributed by atoms with van der Waals surface area (Å²) in [4.78, 5) is 26.7. The molecule has 0 atom stereocenters. The fourth-order valence-corrected chi connectivity index (χ4v) is 4.16. The summed E-state index contributed by atoms with van der Waals surface area (Å²) in [6.45, 7) is 0.474. The maximum absolute atomic E-state index is 12.6. The van der Waals surface area contributed by atoms with Crippen molar-refractivity contribution in [3.8, 4) is 0 Å². The lowest BCUT2D eigenvalue weighted by molar-refractivity contribution is -0.116. The summed E-state index contributed by atoms with van der Waals surface area (Å²) in [5, 5.41) is 2.83.